The Balaban J connectivity index is 2.58. The predicted octanol–water partition coefficient (Wildman–Crippen LogP) is 2.25. The number of aldehydes is 1. The van der Waals surface area contributed by atoms with E-state index in [1.807, 2.05) is 19.2 Å². The van der Waals surface area contributed by atoms with Crippen LogP contribution in [0.5, 0.6) is 0 Å². The predicted molar refractivity (Wildman–Crippen MR) is 55.0 cm³/mol. The smallest absolute Gasteiger partial charge is 0.120 e. The third-order valence-electron chi connectivity index (χ3n) is 2.05. The minimum Gasteiger partial charge on any atom is -0.388 e. The van der Waals surface area contributed by atoms with Crippen molar-refractivity contribution in [1.29, 1.82) is 0 Å². The van der Waals surface area contributed by atoms with Crippen molar-refractivity contribution in [3.8, 4) is 0 Å². The zero-order chi connectivity index (χ0) is 9.52. The fourth-order valence-corrected chi connectivity index (χ4v) is 1.36. The van der Waals surface area contributed by atoms with E-state index in [9.17, 15) is 4.79 Å². The maximum atomic E-state index is 10.1. The van der Waals surface area contributed by atoms with E-state index in [1.54, 1.807) is 0 Å². The second-order valence-corrected chi connectivity index (χ2v) is 2.97. The van der Waals surface area contributed by atoms with Crippen molar-refractivity contribution in [1.82, 2.24) is 0 Å². The van der Waals surface area contributed by atoms with Crippen LogP contribution in [0.1, 0.15) is 18.4 Å². The average Bonchev–Trinajstić information content (AvgIpc) is 2.19. The van der Waals surface area contributed by atoms with Crippen LogP contribution in [-0.4, -0.2) is 13.3 Å². The molecule has 0 aliphatic rings. The van der Waals surface area contributed by atoms with Gasteiger partial charge in [0.25, 0.3) is 0 Å². The summed E-state index contributed by atoms with van der Waals surface area (Å²) in [5, 5.41) is 3.13. The van der Waals surface area contributed by atoms with Gasteiger partial charge in [-0.15, -0.1) is 0 Å². The summed E-state index contributed by atoms with van der Waals surface area (Å²) in [5.41, 5.74) is 2.44. The lowest BCUT2D eigenvalue weighted by Crippen LogP contribution is -1.95. The molecule has 0 radical (unpaired) electrons. The van der Waals surface area contributed by atoms with Crippen molar-refractivity contribution in [3.05, 3.63) is 29.8 Å². The molecule has 0 atom stereocenters. The van der Waals surface area contributed by atoms with Crippen molar-refractivity contribution in [2.75, 3.05) is 12.4 Å². The summed E-state index contributed by atoms with van der Waals surface area (Å²) in [6.45, 7) is 0. The molecule has 0 unspecified atom stereocenters. The zero-order valence-electron chi connectivity index (χ0n) is 7.92. The normalized spacial score (nSPS) is 9.62. The largest absolute Gasteiger partial charge is 0.388 e. The Labute approximate surface area is 79.0 Å². The topological polar surface area (TPSA) is 29.1 Å². The molecule has 0 aromatic heterocycles. The molecule has 1 rings (SSSR count). The van der Waals surface area contributed by atoms with Crippen molar-refractivity contribution in [2.24, 2.45) is 0 Å². The Morgan fingerprint density at radius 1 is 1.38 bits per heavy atom. The van der Waals surface area contributed by atoms with E-state index in [1.165, 1.54) is 5.56 Å². The molecule has 1 N–H and O–H groups in total. The number of anilines is 1. The number of nitrogens with one attached hydrogen (secondary N) is 1. The molecular formula is C11H15NO. The first-order chi connectivity index (χ1) is 6.38. The number of rotatable bonds is 5. The molecule has 0 heterocycles. The van der Waals surface area contributed by atoms with Gasteiger partial charge in [0.15, 0.2) is 0 Å². The number of para-hydroxylation sites is 1. The van der Waals surface area contributed by atoms with Crippen LogP contribution in [0.2, 0.25) is 0 Å². The van der Waals surface area contributed by atoms with Crippen molar-refractivity contribution in [3.63, 3.8) is 0 Å². The summed E-state index contributed by atoms with van der Waals surface area (Å²) in [7, 11) is 1.92. The number of aryl methyl sites for hydroxylation is 1. The van der Waals surface area contributed by atoms with E-state index in [0.29, 0.717) is 6.42 Å². The first kappa shape index (κ1) is 9.78. The molecule has 0 aliphatic carbocycles. The summed E-state index contributed by atoms with van der Waals surface area (Å²) in [6.07, 6.45) is 3.53. The van der Waals surface area contributed by atoms with Crippen LogP contribution in [0.3, 0.4) is 0 Å². The second-order valence-electron chi connectivity index (χ2n) is 2.97. The van der Waals surface area contributed by atoms with Crippen molar-refractivity contribution >= 4 is 12.0 Å². The first-order valence-electron chi connectivity index (χ1n) is 4.57. The standard InChI is InChI=1S/C11H15NO/c1-12-11-8-3-2-6-10(11)7-4-5-9-13/h2-3,6,8-9,12H,4-5,7H2,1H3. The fraction of sp³-hybridized carbons (Fsp3) is 0.364. The number of hydrogen-bond acceptors (Lipinski definition) is 2. The minimum atomic E-state index is 0.651. The van der Waals surface area contributed by atoms with Crippen LogP contribution in [0.25, 0.3) is 0 Å². The Morgan fingerprint density at radius 2 is 2.15 bits per heavy atom. The quantitative estimate of drug-likeness (QED) is 0.552. The molecule has 13 heavy (non-hydrogen) atoms. The number of carbonyl (C=O) groups excluding carboxylic acids is 1. The van der Waals surface area contributed by atoms with Gasteiger partial charge in [-0.25, -0.2) is 0 Å². The average molecular weight is 177 g/mol. The molecule has 0 aliphatic heterocycles. The lowest BCUT2D eigenvalue weighted by Gasteiger charge is -2.07. The Kier molecular flexibility index (Phi) is 4.03. The van der Waals surface area contributed by atoms with Gasteiger partial charge in [0, 0.05) is 19.2 Å². The van der Waals surface area contributed by atoms with Crippen molar-refractivity contribution < 1.29 is 4.79 Å². The molecule has 0 fully saturated rings. The monoisotopic (exact) mass is 177 g/mol. The van der Waals surface area contributed by atoms with E-state index in [-0.39, 0.29) is 0 Å². The van der Waals surface area contributed by atoms with Crippen molar-refractivity contribution in [2.45, 2.75) is 19.3 Å². The molecule has 0 bridgehead atoms. The van der Waals surface area contributed by atoms with Crippen LogP contribution in [-0.2, 0) is 11.2 Å². The number of benzene rings is 1. The van der Waals surface area contributed by atoms with Gasteiger partial charge < -0.3 is 10.1 Å². The number of carbonyl (C=O) groups is 1. The van der Waals surface area contributed by atoms with Crippen LogP contribution in [0, 0.1) is 0 Å². The van der Waals surface area contributed by atoms with Gasteiger partial charge in [-0.1, -0.05) is 18.2 Å². The highest BCUT2D eigenvalue weighted by Crippen LogP contribution is 2.16. The maximum Gasteiger partial charge on any atom is 0.120 e. The second kappa shape index (κ2) is 5.36. The molecule has 0 saturated carbocycles. The Bertz CT molecular complexity index is 271. The summed E-state index contributed by atoms with van der Waals surface area (Å²) in [4.78, 5) is 10.1. The Morgan fingerprint density at radius 3 is 2.85 bits per heavy atom. The summed E-state index contributed by atoms with van der Waals surface area (Å²) in [6, 6.07) is 8.18. The molecule has 70 valence electrons. The summed E-state index contributed by atoms with van der Waals surface area (Å²) < 4.78 is 0. The van der Waals surface area contributed by atoms with Gasteiger partial charge in [0.2, 0.25) is 0 Å². The van der Waals surface area contributed by atoms with Gasteiger partial charge in [0.1, 0.15) is 6.29 Å². The van der Waals surface area contributed by atoms with E-state index >= 15 is 0 Å². The van der Waals surface area contributed by atoms with E-state index in [0.717, 1.165) is 24.8 Å². The lowest BCUT2D eigenvalue weighted by atomic mass is 10.1. The van der Waals surface area contributed by atoms with Crippen LogP contribution >= 0.6 is 0 Å². The molecule has 2 heteroatoms. The fourth-order valence-electron chi connectivity index (χ4n) is 1.36. The molecule has 1 aromatic carbocycles. The van der Waals surface area contributed by atoms with Gasteiger partial charge in [-0.3, -0.25) is 0 Å². The summed E-state index contributed by atoms with van der Waals surface area (Å²) >= 11 is 0. The lowest BCUT2D eigenvalue weighted by molar-refractivity contribution is -0.107. The third-order valence-corrected chi connectivity index (χ3v) is 2.05. The van der Waals surface area contributed by atoms with E-state index in [2.05, 4.69) is 17.4 Å². The van der Waals surface area contributed by atoms with Gasteiger partial charge in [0.05, 0.1) is 0 Å². The molecular weight excluding hydrogens is 162 g/mol. The highest BCUT2D eigenvalue weighted by Gasteiger charge is 1.98. The van der Waals surface area contributed by atoms with E-state index in [4.69, 9.17) is 0 Å². The first-order valence-corrected chi connectivity index (χ1v) is 4.57. The number of unbranched alkanes of at least 4 members (excludes halogenated alkanes) is 1. The van der Waals surface area contributed by atoms with Crippen LogP contribution < -0.4 is 5.32 Å². The molecule has 0 saturated heterocycles. The number of hydrogen-bond donors (Lipinski definition) is 1. The SMILES string of the molecule is CNc1ccccc1CCCC=O. The van der Waals surface area contributed by atoms with Crippen LogP contribution in [0.4, 0.5) is 5.69 Å². The van der Waals surface area contributed by atoms with E-state index < -0.39 is 0 Å². The third kappa shape index (κ3) is 2.90. The minimum absolute atomic E-state index is 0.651. The maximum absolute atomic E-state index is 10.1. The molecule has 0 spiro atoms. The highest BCUT2D eigenvalue weighted by molar-refractivity contribution is 5.52. The van der Waals surface area contributed by atoms with Gasteiger partial charge in [-0.05, 0) is 24.5 Å². The van der Waals surface area contributed by atoms with Crippen LogP contribution in [0.15, 0.2) is 24.3 Å². The molecule has 1 aromatic rings. The van der Waals surface area contributed by atoms with Gasteiger partial charge >= 0.3 is 0 Å². The molecule has 2 nitrogen and oxygen atoms in total. The van der Waals surface area contributed by atoms with Gasteiger partial charge in [-0.2, -0.15) is 0 Å². The Hall–Kier alpha value is -1.31. The summed E-state index contributed by atoms with van der Waals surface area (Å²) in [5.74, 6) is 0. The molecule has 0 amide bonds. The highest BCUT2D eigenvalue weighted by atomic mass is 16.1. The zero-order valence-corrected chi connectivity index (χ0v) is 7.92.